The number of hydrogen-bond donors (Lipinski definition) is 2. The summed E-state index contributed by atoms with van der Waals surface area (Å²) in [7, 11) is 0. The van der Waals surface area contributed by atoms with E-state index in [2.05, 4.69) is 29.2 Å². The maximum absolute atomic E-state index is 14.2. The second-order valence-electron chi connectivity index (χ2n) is 10.9. The number of aldehydes is 1. The molecule has 1 saturated carbocycles. The molecule has 2 aromatic heterocycles. The van der Waals surface area contributed by atoms with Gasteiger partial charge >= 0.3 is 6.03 Å². The van der Waals surface area contributed by atoms with E-state index in [4.69, 9.17) is 5.84 Å². The van der Waals surface area contributed by atoms with Crippen LogP contribution in [0.2, 0.25) is 0 Å². The second kappa shape index (κ2) is 11.7. The molecule has 2 heterocycles. The van der Waals surface area contributed by atoms with E-state index in [0.29, 0.717) is 34.7 Å². The smallest absolute Gasteiger partial charge is 0.340 e. The van der Waals surface area contributed by atoms with E-state index >= 15 is 0 Å². The molecule has 1 aliphatic rings. The highest BCUT2D eigenvalue weighted by Crippen LogP contribution is 2.35. The van der Waals surface area contributed by atoms with E-state index in [1.54, 1.807) is 36.6 Å². The van der Waals surface area contributed by atoms with Gasteiger partial charge in [-0.15, -0.1) is 11.3 Å². The fraction of sp³-hybridized carbons (Fsp3) is 0.464. The zero-order chi connectivity index (χ0) is 28.4. The van der Waals surface area contributed by atoms with E-state index in [9.17, 15) is 19.2 Å². The molecule has 3 aromatic rings. The fourth-order valence-corrected chi connectivity index (χ4v) is 5.81. The lowest BCUT2D eigenvalue weighted by molar-refractivity contribution is -0.111. The molecule has 3 N–H and O–H groups in total. The molecule has 208 valence electrons. The van der Waals surface area contributed by atoms with Crippen LogP contribution in [0.1, 0.15) is 73.5 Å². The van der Waals surface area contributed by atoms with Gasteiger partial charge in [0.05, 0.1) is 11.6 Å². The topological polar surface area (TPSA) is 131 Å². The zero-order valence-corrected chi connectivity index (χ0v) is 23.8. The number of carbonyl (C=O) groups excluding carboxylic acids is 4. The molecule has 1 aliphatic carbocycles. The summed E-state index contributed by atoms with van der Waals surface area (Å²) in [5, 5.41) is 3.02. The number of imide groups is 1. The first-order valence-electron chi connectivity index (χ1n) is 13.2. The van der Waals surface area contributed by atoms with Crippen molar-refractivity contribution in [1.29, 1.82) is 0 Å². The van der Waals surface area contributed by atoms with Crippen LogP contribution < -0.4 is 16.2 Å². The molecule has 39 heavy (non-hydrogen) atoms. The van der Waals surface area contributed by atoms with Gasteiger partial charge in [0, 0.05) is 23.4 Å². The maximum Gasteiger partial charge on any atom is 0.340 e. The quantitative estimate of drug-likeness (QED) is 0.126. The van der Waals surface area contributed by atoms with Crippen LogP contribution in [0.15, 0.2) is 29.6 Å². The average molecular weight is 553 g/mol. The van der Waals surface area contributed by atoms with E-state index in [1.807, 2.05) is 13.8 Å². The highest BCUT2D eigenvalue weighted by atomic mass is 32.1. The number of nitrogens with two attached hydrogens (primary N) is 1. The normalized spacial score (nSPS) is 14.1. The Labute approximate surface area is 232 Å². The number of hydrogen-bond acceptors (Lipinski definition) is 8. The summed E-state index contributed by atoms with van der Waals surface area (Å²) in [4.78, 5) is 61.3. The number of rotatable bonds is 10. The molecule has 0 spiro atoms. The predicted octanol–water partition coefficient (Wildman–Crippen LogP) is 4.36. The van der Waals surface area contributed by atoms with Crippen LogP contribution in [0.4, 0.5) is 9.93 Å². The van der Waals surface area contributed by atoms with Gasteiger partial charge in [0.25, 0.3) is 11.8 Å². The fourth-order valence-electron chi connectivity index (χ4n) is 4.93. The highest BCUT2D eigenvalue weighted by molar-refractivity contribution is 7.14. The van der Waals surface area contributed by atoms with Crippen molar-refractivity contribution in [3.8, 4) is 0 Å². The molecule has 0 unspecified atom stereocenters. The summed E-state index contributed by atoms with van der Waals surface area (Å²) in [6.07, 6.45) is 3.04. The molecule has 1 atom stereocenters. The molecule has 0 bridgehead atoms. The Balaban J connectivity index is 1.81. The van der Waals surface area contributed by atoms with Gasteiger partial charge in [-0.1, -0.05) is 45.9 Å². The number of nitrogen functional groups attached to an aromatic ring is 1. The molecular formula is C28H36N6O4S. The van der Waals surface area contributed by atoms with Crippen molar-refractivity contribution in [3.63, 3.8) is 0 Å². The van der Waals surface area contributed by atoms with Crippen LogP contribution in [0.5, 0.6) is 0 Å². The standard InChI is InChI=1S/C28H36N6O4S/c1-16(2)12-20(14-35)33(25(36)22-15-39-28(30-22)32(13-17(3)4)19-10-11-19)26(37)24-18(5)21-8-6-7-9-23(21)34(24)27(38)31-29/h6-9,14-17,19-20H,10-13,29H2,1-5H3,(H,31,38)/t20-/m0/s1. The Morgan fingerprint density at radius 3 is 2.44 bits per heavy atom. The Hall–Kier alpha value is -3.57. The largest absolute Gasteiger partial charge is 0.345 e. The van der Waals surface area contributed by atoms with Gasteiger partial charge in [0.15, 0.2) is 5.13 Å². The number of aryl methyl sites for hydroxylation is 1. The van der Waals surface area contributed by atoms with Crippen LogP contribution in [0, 0.1) is 18.8 Å². The van der Waals surface area contributed by atoms with Gasteiger partial charge < -0.3 is 9.69 Å². The first kappa shape index (κ1) is 28.4. The lowest BCUT2D eigenvalue weighted by Gasteiger charge is -2.28. The van der Waals surface area contributed by atoms with Crippen LogP contribution >= 0.6 is 11.3 Å². The molecule has 1 aromatic carbocycles. The first-order valence-corrected chi connectivity index (χ1v) is 14.1. The van der Waals surface area contributed by atoms with Gasteiger partial charge in [-0.25, -0.2) is 15.6 Å². The van der Waals surface area contributed by atoms with E-state index in [0.717, 1.165) is 34.0 Å². The Morgan fingerprint density at radius 2 is 1.85 bits per heavy atom. The monoisotopic (exact) mass is 552 g/mol. The Morgan fingerprint density at radius 1 is 1.15 bits per heavy atom. The van der Waals surface area contributed by atoms with Gasteiger partial charge in [-0.3, -0.25) is 24.5 Å². The summed E-state index contributed by atoms with van der Waals surface area (Å²) in [5.74, 6) is 4.46. The number of benzene rings is 1. The number of fused-ring (bicyclic) bond motifs is 1. The van der Waals surface area contributed by atoms with Crippen molar-refractivity contribution in [3.05, 3.63) is 46.6 Å². The maximum atomic E-state index is 14.2. The average Bonchev–Trinajstić information content (AvgIpc) is 3.55. The van der Waals surface area contributed by atoms with Gasteiger partial charge in [-0.2, -0.15) is 0 Å². The first-order chi connectivity index (χ1) is 18.6. The molecule has 4 rings (SSSR count). The van der Waals surface area contributed by atoms with Crippen LogP contribution in [-0.4, -0.2) is 57.2 Å². The van der Waals surface area contributed by atoms with Crippen molar-refractivity contribution in [2.75, 3.05) is 11.4 Å². The number of nitrogens with zero attached hydrogens (tertiary/aromatic N) is 4. The molecule has 0 saturated heterocycles. The number of nitrogens with one attached hydrogen (secondary N) is 1. The second-order valence-corrected chi connectivity index (χ2v) is 11.7. The van der Waals surface area contributed by atoms with E-state index < -0.39 is 23.9 Å². The number of hydrazine groups is 1. The van der Waals surface area contributed by atoms with Crippen molar-refractivity contribution < 1.29 is 19.2 Å². The zero-order valence-electron chi connectivity index (χ0n) is 23.0. The lowest BCUT2D eigenvalue weighted by atomic mass is 10.0. The summed E-state index contributed by atoms with van der Waals surface area (Å²) in [5.41, 5.74) is 3.12. The van der Waals surface area contributed by atoms with Crippen molar-refractivity contribution in [1.82, 2.24) is 19.9 Å². The molecule has 0 aliphatic heterocycles. The van der Waals surface area contributed by atoms with Crippen molar-refractivity contribution in [2.45, 2.75) is 66.0 Å². The minimum atomic E-state index is -1.04. The number of thiazole rings is 1. The Bertz CT molecular complexity index is 1390. The molecular weight excluding hydrogens is 516 g/mol. The van der Waals surface area contributed by atoms with E-state index in [1.165, 1.54) is 11.3 Å². The molecule has 10 nitrogen and oxygen atoms in total. The third-order valence-electron chi connectivity index (χ3n) is 6.80. The van der Waals surface area contributed by atoms with Crippen LogP contribution in [0.3, 0.4) is 0 Å². The summed E-state index contributed by atoms with van der Waals surface area (Å²) in [6, 6.07) is 5.64. The third-order valence-corrected chi connectivity index (χ3v) is 7.68. The minimum Gasteiger partial charge on any atom is -0.345 e. The lowest BCUT2D eigenvalue weighted by Crippen LogP contribution is -2.48. The molecule has 3 amide bonds. The number of anilines is 1. The predicted molar refractivity (Wildman–Crippen MR) is 152 cm³/mol. The van der Waals surface area contributed by atoms with Gasteiger partial charge in [0.1, 0.15) is 17.7 Å². The van der Waals surface area contributed by atoms with Gasteiger partial charge in [-0.05, 0) is 49.7 Å². The summed E-state index contributed by atoms with van der Waals surface area (Å²) in [6.45, 7) is 10.6. The highest BCUT2D eigenvalue weighted by Gasteiger charge is 2.38. The summed E-state index contributed by atoms with van der Waals surface area (Å²) >= 11 is 1.35. The van der Waals surface area contributed by atoms with Crippen molar-refractivity contribution in [2.24, 2.45) is 17.7 Å². The number of amides is 3. The minimum absolute atomic E-state index is 0.0185. The number of aromatic nitrogens is 2. The molecule has 1 fully saturated rings. The number of carbonyl (C=O) groups is 4. The van der Waals surface area contributed by atoms with Crippen LogP contribution in [-0.2, 0) is 4.79 Å². The molecule has 11 heteroatoms. The number of para-hydroxylation sites is 1. The van der Waals surface area contributed by atoms with E-state index in [-0.39, 0.29) is 23.7 Å². The molecule has 0 radical (unpaired) electrons. The Kier molecular flexibility index (Phi) is 8.51. The van der Waals surface area contributed by atoms with Gasteiger partial charge in [0.2, 0.25) is 0 Å². The van der Waals surface area contributed by atoms with Crippen molar-refractivity contribution >= 4 is 51.5 Å². The SMILES string of the molecule is Cc1c(C(=O)N(C(=O)c2csc(N(CC(C)C)C3CC3)n2)[C@H](C=O)CC(C)C)n(C(=O)NN)c2ccccc12. The summed E-state index contributed by atoms with van der Waals surface area (Å²) < 4.78 is 1.16. The third kappa shape index (κ3) is 5.74. The van der Waals surface area contributed by atoms with Crippen LogP contribution in [0.25, 0.3) is 10.9 Å².